The Hall–Kier alpha value is -2.02. The van der Waals surface area contributed by atoms with Crippen LogP contribution in [0, 0.1) is 43.9 Å². The highest BCUT2D eigenvalue weighted by atomic mass is 16.6. The number of rotatable bonds is 5. The number of hydrogen-bond donors (Lipinski definition) is 0. The second-order valence-corrected chi connectivity index (χ2v) is 6.56. The van der Waals surface area contributed by atoms with E-state index >= 15 is 0 Å². The molecule has 1 aromatic rings. The fourth-order valence-corrected chi connectivity index (χ4v) is 4.47. The van der Waals surface area contributed by atoms with E-state index in [1.807, 2.05) is 0 Å². The molecule has 0 bridgehead atoms. The molecule has 0 aromatic heterocycles. The summed E-state index contributed by atoms with van der Waals surface area (Å²) in [7, 11) is 0. The quantitative estimate of drug-likeness (QED) is 0.615. The summed E-state index contributed by atoms with van der Waals surface area (Å²) in [6, 6.07) is 3.73. The summed E-state index contributed by atoms with van der Waals surface area (Å²) in [4.78, 5) is 20.6. The highest BCUT2D eigenvalue weighted by molar-refractivity contribution is 5.48. The minimum Gasteiger partial charge on any atom is -0.373 e. The molecule has 116 valence electrons. The molecule has 0 amide bonds. The first-order chi connectivity index (χ1) is 10.6. The summed E-state index contributed by atoms with van der Waals surface area (Å²) in [6.45, 7) is 0.152. The zero-order chi connectivity index (χ0) is 15.4. The Morgan fingerprint density at radius 3 is 2.45 bits per heavy atom. The van der Waals surface area contributed by atoms with Gasteiger partial charge >= 0.3 is 0 Å². The Morgan fingerprint density at radius 2 is 1.86 bits per heavy atom. The molecular weight excluding hydrogens is 288 g/mol. The molecule has 7 nitrogen and oxygen atoms in total. The molecule has 3 fully saturated rings. The number of hydrogen-bond acceptors (Lipinski definition) is 5. The lowest BCUT2D eigenvalue weighted by Gasteiger charge is -2.68. The Bertz CT molecular complexity index is 655. The lowest BCUT2D eigenvalue weighted by molar-refractivity contribution is -0.394. The molecule has 4 rings (SSSR count). The van der Waals surface area contributed by atoms with E-state index in [4.69, 9.17) is 4.74 Å². The minimum atomic E-state index is -0.626. The number of nitrogens with zero attached hydrogens (tertiary/aromatic N) is 2. The summed E-state index contributed by atoms with van der Waals surface area (Å²) < 4.78 is 5.87. The molecule has 22 heavy (non-hydrogen) atoms. The largest absolute Gasteiger partial charge is 0.373 e. The van der Waals surface area contributed by atoms with Gasteiger partial charge in [0.2, 0.25) is 0 Å². The summed E-state index contributed by atoms with van der Waals surface area (Å²) in [5.74, 6) is 3.20. The second-order valence-electron chi connectivity index (χ2n) is 6.56. The molecule has 0 heterocycles. The molecule has 3 aliphatic rings. The van der Waals surface area contributed by atoms with Crippen LogP contribution in [-0.2, 0) is 11.3 Å². The van der Waals surface area contributed by atoms with Crippen molar-refractivity contribution >= 4 is 11.4 Å². The van der Waals surface area contributed by atoms with Crippen LogP contribution in [0.1, 0.15) is 24.8 Å². The lowest BCUT2D eigenvalue weighted by Crippen LogP contribution is -2.65. The number of ether oxygens (including phenoxy) is 1. The second kappa shape index (κ2) is 4.74. The van der Waals surface area contributed by atoms with Gasteiger partial charge in [0.15, 0.2) is 0 Å². The first-order valence-corrected chi connectivity index (χ1v) is 7.59. The van der Waals surface area contributed by atoms with Crippen LogP contribution in [-0.4, -0.2) is 16.0 Å². The predicted octanol–water partition coefficient (Wildman–Crippen LogP) is 3.06. The maximum absolute atomic E-state index is 11.1. The van der Waals surface area contributed by atoms with Gasteiger partial charge in [-0.1, -0.05) is 0 Å². The molecule has 0 radical (unpaired) electrons. The van der Waals surface area contributed by atoms with Gasteiger partial charge < -0.3 is 4.74 Å². The van der Waals surface area contributed by atoms with Crippen molar-refractivity contribution in [1.82, 2.24) is 0 Å². The van der Waals surface area contributed by atoms with E-state index in [1.165, 1.54) is 25.0 Å². The van der Waals surface area contributed by atoms with E-state index in [9.17, 15) is 20.2 Å². The highest BCUT2D eigenvalue weighted by Gasteiger charge is 2.64. The van der Waals surface area contributed by atoms with E-state index in [-0.39, 0.29) is 24.1 Å². The number of benzene rings is 1. The first kappa shape index (κ1) is 13.6. The Labute approximate surface area is 126 Å². The van der Waals surface area contributed by atoms with Crippen molar-refractivity contribution in [2.45, 2.75) is 32.0 Å². The molecule has 7 heteroatoms. The van der Waals surface area contributed by atoms with E-state index < -0.39 is 9.85 Å². The van der Waals surface area contributed by atoms with E-state index in [0.717, 1.165) is 30.2 Å². The number of fused-ring (bicyclic) bond motifs is 4. The molecule has 1 aromatic carbocycles. The average Bonchev–Trinajstić information content (AvgIpc) is 2.46. The maximum atomic E-state index is 11.1. The molecule has 5 atom stereocenters. The Kier molecular flexibility index (Phi) is 2.94. The molecule has 3 aliphatic carbocycles. The fraction of sp³-hybridized carbons (Fsp3) is 0.600. The minimum absolute atomic E-state index is 0.152. The Morgan fingerprint density at radius 1 is 1.09 bits per heavy atom. The summed E-state index contributed by atoms with van der Waals surface area (Å²) in [5.41, 5.74) is -0.0980. The Balaban J connectivity index is 1.44. The highest BCUT2D eigenvalue weighted by Crippen LogP contribution is 2.67. The van der Waals surface area contributed by atoms with E-state index in [1.54, 1.807) is 0 Å². The summed E-state index contributed by atoms with van der Waals surface area (Å²) in [5, 5.41) is 21.8. The van der Waals surface area contributed by atoms with Crippen LogP contribution in [0.15, 0.2) is 18.2 Å². The van der Waals surface area contributed by atoms with Crippen molar-refractivity contribution in [3.05, 3.63) is 44.0 Å². The topological polar surface area (TPSA) is 95.5 Å². The lowest BCUT2D eigenvalue weighted by atomic mass is 9.38. The van der Waals surface area contributed by atoms with Crippen LogP contribution in [0.25, 0.3) is 0 Å². The average molecular weight is 304 g/mol. The van der Waals surface area contributed by atoms with Crippen LogP contribution in [0.3, 0.4) is 0 Å². The normalized spacial score (nSPS) is 34.5. The van der Waals surface area contributed by atoms with Gasteiger partial charge in [0.05, 0.1) is 34.2 Å². The van der Waals surface area contributed by atoms with Crippen molar-refractivity contribution < 1.29 is 14.6 Å². The molecule has 0 saturated heterocycles. The van der Waals surface area contributed by atoms with Gasteiger partial charge in [-0.05, 0) is 49.0 Å². The van der Waals surface area contributed by atoms with Crippen LogP contribution in [0.2, 0.25) is 0 Å². The third kappa shape index (κ3) is 1.85. The van der Waals surface area contributed by atoms with Gasteiger partial charge in [-0.2, -0.15) is 0 Å². The number of nitro groups is 2. The van der Waals surface area contributed by atoms with Gasteiger partial charge in [0.1, 0.15) is 0 Å². The maximum Gasteiger partial charge on any atom is 0.281 e. The van der Waals surface area contributed by atoms with Crippen LogP contribution in [0.4, 0.5) is 11.4 Å². The van der Waals surface area contributed by atoms with Gasteiger partial charge in [0.25, 0.3) is 11.4 Å². The third-order valence-electron chi connectivity index (χ3n) is 5.79. The molecule has 0 N–H and O–H groups in total. The van der Waals surface area contributed by atoms with Gasteiger partial charge in [-0.3, -0.25) is 20.2 Å². The summed E-state index contributed by atoms with van der Waals surface area (Å²) in [6.07, 6.45) is 3.92. The third-order valence-corrected chi connectivity index (χ3v) is 5.79. The zero-order valence-corrected chi connectivity index (χ0v) is 11.9. The zero-order valence-electron chi connectivity index (χ0n) is 11.9. The van der Waals surface area contributed by atoms with Crippen LogP contribution >= 0.6 is 0 Å². The van der Waals surface area contributed by atoms with Gasteiger partial charge in [0, 0.05) is 6.07 Å². The molecule has 0 spiro atoms. The van der Waals surface area contributed by atoms with Crippen LogP contribution < -0.4 is 0 Å². The molecule has 3 saturated carbocycles. The van der Waals surface area contributed by atoms with Crippen molar-refractivity contribution in [2.75, 3.05) is 0 Å². The fourth-order valence-electron chi connectivity index (χ4n) is 4.47. The van der Waals surface area contributed by atoms with E-state index in [2.05, 4.69) is 0 Å². The first-order valence-electron chi connectivity index (χ1n) is 7.59. The molecule has 0 unspecified atom stereocenters. The van der Waals surface area contributed by atoms with Crippen molar-refractivity contribution in [2.24, 2.45) is 23.7 Å². The van der Waals surface area contributed by atoms with E-state index in [0.29, 0.717) is 11.5 Å². The van der Waals surface area contributed by atoms with Crippen LogP contribution in [0.5, 0.6) is 0 Å². The number of non-ortho nitro benzene ring substituents is 1. The van der Waals surface area contributed by atoms with Crippen molar-refractivity contribution in [3.63, 3.8) is 0 Å². The molecular formula is C15H16N2O5. The SMILES string of the molecule is O=[N+]([O-])c1ccc(CO[C@@H]2C[C@@H]3[C@H]4CC[C@@H]4[C@@H]32)c([N+](=O)[O-])c1. The monoisotopic (exact) mass is 304 g/mol. The van der Waals surface area contributed by atoms with Crippen molar-refractivity contribution in [3.8, 4) is 0 Å². The standard InChI is InChI=1S/C15H16N2O5/c18-16(19)9-2-1-8(13(5-9)17(20)21)7-22-14-6-12-10-3-4-11(10)15(12)14/h1-2,5,10-12,14-15H,3-4,6-7H2/t10-,11-,12+,14+,15-/m0/s1. The molecule has 0 aliphatic heterocycles. The number of nitro benzene ring substituents is 2. The van der Waals surface area contributed by atoms with Crippen molar-refractivity contribution in [1.29, 1.82) is 0 Å². The smallest absolute Gasteiger partial charge is 0.281 e. The van der Waals surface area contributed by atoms with Gasteiger partial charge in [-0.25, -0.2) is 0 Å². The van der Waals surface area contributed by atoms with Gasteiger partial charge in [-0.15, -0.1) is 0 Å². The predicted molar refractivity (Wildman–Crippen MR) is 76.1 cm³/mol. The summed E-state index contributed by atoms with van der Waals surface area (Å²) >= 11 is 0.